The zero-order valence-corrected chi connectivity index (χ0v) is 21.2. The normalized spacial score (nSPS) is 23.4. The lowest BCUT2D eigenvalue weighted by atomic mass is 9.87. The second-order valence-corrected chi connectivity index (χ2v) is 10.5. The number of anilines is 1. The molecule has 4 heterocycles. The van der Waals surface area contributed by atoms with Gasteiger partial charge in [-0.3, -0.25) is 19.3 Å². The average Bonchev–Trinajstić information content (AvgIpc) is 3.32. The Morgan fingerprint density at radius 1 is 1.39 bits per heavy atom. The number of rotatable bonds is 10. The summed E-state index contributed by atoms with van der Waals surface area (Å²) >= 11 is 8.39. The fraction of sp³-hybridized carbons (Fsp3) is 0.316. The summed E-state index contributed by atoms with van der Waals surface area (Å²) in [4.78, 5) is 60.2. The molecule has 186 valence electrons. The highest BCUT2D eigenvalue weighted by Gasteiger charge is 2.65. The van der Waals surface area contributed by atoms with Crippen LogP contribution >= 0.6 is 47.0 Å². The number of carbonyl (C=O) groups is 4. The molecule has 3 aliphatic rings. The lowest BCUT2D eigenvalue weighted by Gasteiger charge is -2.55. The number of thioether (sulfide) groups is 1. The number of aliphatic carboxylic acids is 1. The molecule has 2 aliphatic heterocycles. The number of fused-ring (bicyclic) bond motifs is 1. The number of thiazole rings is 1. The molecule has 0 aromatic carbocycles. The van der Waals surface area contributed by atoms with E-state index in [0.717, 1.165) is 46.2 Å². The molecule has 36 heavy (non-hydrogen) atoms. The van der Waals surface area contributed by atoms with Crippen LogP contribution in [0.2, 0.25) is 0 Å². The van der Waals surface area contributed by atoms with Crippen LogP contribution in [0.4, 0.5) is 5.13 Å². The zero-order chi connectivity index (χ0) is 25.4. The Morgan fingerprint density at radius 2 is 2.19 bits per heavy atom. The standard InChI is InChI=1S/C19H15N7O6S4/c27-7-20-18-22-11(5-35-18)12(24-32-8-1-2-8)14(28)23-19(6-33)16(31)26-13(15(29)30)9(4-34-17(19)26)10-3-21-36-25-10/h3,5-8,17H,1-2,4H2,(H,23,28)(H,29,30)(H,20,22,27)/t17-,19+/m0/s1. The van der Waals surface area contributed by atoms with Crippen LogP contribution < -0.4 is 10.6 Å². The van der Waals surface area contributed by atoms with Crippen LogP contribution in [-0.2, 0) is 24.0 Å². The molecule has 2 aromatic heterocycles. The average molecular weight is 566 g/mol. The molecule has 0 spiro atoms. The van der Waals surface area contributed by atoms with Crippen molar-refractivity contribution in [2.75, 3.05) is 11.1 Å². The van der Waals surface area contributed by atoms with E-state index < -0.39 is 28.7 Å². The number of carboxylic acid groups (broad SMARTS) is 1. The van der Waals surface area contributed by atoms with Crippen LogP contribution in [0.15, 0.2) is 22.4 Å². The summed E-state index contributed by atoms with van der Waals surface area (Å²) in [6, 6.07) is 0. The summed E-state index contributed by atoms with van der Waals surface area (Å²) in [5.41, 5.74) is -1.24. The third-order valence-corrected chi connectivity index (χ3v) is 8.43. The van der Waals surface area contributed by atoms with E-state index in [1.165, 1.54) is 23.3 Å². The molecule has 2 atom stereocenters. The predicted octanol–water partition coefficient (Wildman–Crippen LogP) is 0.712. The number of β-lactam (4-membered cyclic amide) rings is 1. The smallest absolute Gasteiger partial charge is 0.353 e. The van der Waals surface area contributed by atoms with Gasteiger partial charge in [0.15, 0.2) is 16.4 Å². The SMILES string of the molecule is O=CNc1nc(C(=NOC2CC2)C(=O)N[C@]2(C=S)C(=O)N3C(C(=O)O)=C(c4cnsn4)CS[C@H]32)cs1. The van der Waals surface area contributed by atoms with E-state index in [4.69, 9.17) is 17.1 Å². The highest BCUT2D eigenvalue weighted by molar-refractivity contribution is 8.00. The Labute approximate surface area is 220 Å². The summed E-state index contributed by atoms with van der Waals surface area (Å²) in [6.07, 6.45) is 3.36. The van der Waals surface area contributed by atoms with E-state index in [1.807, 2.05) is 0 Å². The maximum Gasteiger partial charge on any atom is 0.353 e. The largest absolute Gasteiger partial charge is 0.477 e. The number of amides is 3. The molecule has 13 nitrogen and oxygen atoms in total. The van der Waals surface area contributed by atoms with Gasteiger partial charge in [0.2, 0.25) is 6.41 Å². The van der Waals surface area contributed by atoms with Crippen LogP contribution in [0, 0.1) is 0 Å². The van der Waals surface area contributed by atoms with Crippen molar-refractivity contribution in [3.05, 3.63) is 28.7 Å². The Balaban J connectivity index is 1.44. The molecule has 1 saturated heterocycles. The Morgan fingerprint density at radius 3 is 2.83 bits per heavy atom. The first-order valence-corrected chi connectivity index (χ1v) is 13.4. The van der Waals surface area contributed by atoms with Gasteiger partial charge in [-0.15, -0.1) is 23.1 Å². The fourth-order valence-electron chi connectivity index (χ4n) is 3.58. The van der Waals surface area contributed by atoms with Crippen molar-refractivity contribution in [2.24, 2.45) is 5.16 Å². The van der Waals surface area contributed by atoms with Crippen molar-refractivity contribution < 1.29 is 29.1 Å². The number of thiocarbonyl (C=S) groups is 1. The highest BCUT2D eigenvalue weighted by atomic mass is 32.2. The summed E-state index contributed by atoms with van der Waals surface area (Å²) in [7, 11) is 0. The van der Waals surface area contributed by atoms with Gasteiger partial charge in [0.05, 0.1) is 17.9 Å². The van der Waals surface area contributed by atoms with E-state index >= 15 is 0 Å². The molecule has 2 aromatic rings. The predicted molar refractivity (Wildman–Crippen MR) is 135 cm³/mol. The maximum atomic E-state index is 13.4. The van der Waals surface area contributed by atoms with E-state index in [2.05, 4.69) is 29.5 Å². The van der Waals surface area contributed by atoms with Gasteiger partial charge in [-0.2, -0.15) is 8.75 Å². The third-order valence-electron chi connectivity index (χ3n) is 5.45. The number of nitrogens with one attached hydrogen (secondary N) is 2. The first-order valence-electron chi connectivity index (χ1n) is 10.3. The lowest BCUT2D eigenvalue weighted by Crippen LogP contribution is -2.80. The number of aromatic nitrogens is 3. The van der Waals surface area contributed by atoms with Gasteiger partial charge in [0.1, 0.15) is 28.6 Å². The van der Waals surface area contributed by atoms with Gasteiger partial charge in [-0.1, -0.05) is 17.4 Å². The fourth-order valence-corrected chi connectivity index (χ4v) is 6.50. The second kappa shape index (κ2) is 9.64. The number of oxime groups is 1. The van der Waals surface area contributed by atoms with Crippen LogP contribution in [0.3, 0.4) is 0 Å². The lowest BCUT2D eigenvalue weighted by molar-refractivity contribution is -0.153. The summed E-state index contributed by atoms with van der Waals surface area (Å²) in [5.74, 6) is -2.59. The van der Waals surface area contributed by atoms with Crippen molar-refractivity contribution in [1.29, 1.82) is 0 Å². The Kier molecular flexibility index (Phi) is 6.54. The molecule has 3 amide bonds. The van der Waals surface area contributed by atoms with Gasteiger partial charge < -0.3 is 20.6 Å². The van der Waals surface area contributed by atoms with E-state index in [9.17, 15) is 24.3 Å². The summed E-state index contributed by atoms with van der Waals surface area (Å²) < 4.78 is 8.00. The third kappa shape index (κ3) is 4.16. The van der Waals surface area contributed by atoms with Crippen LogP contribution in [0.5, 0.6) is 0 Å². The highest BCUT2D eigenvalue weighted by Crippen LogP contribution is 2.47. The molecule has 0 unspecified atom stereocenters. The number of carboxylic acids is 1. The van der Waals surface area contributed by atoms with Gasteiger partial charge >= 0.3 is 5.97 Å². The van der Waals surface area contributed by atoms with Gasteiger partial charge in [-0.05, 0) is 12.8 Å². The number of nitrogens with zero attached hydrogens (tertiary/aromatic N) is 5. The van der Waals surface area contributed by atoms with E-state index in [-0.39, 0.29) is 34.1 Å². The van der Waals surface area contributed by atoms with E-state index in [1.54, 1.807) is 0 Å². The molecule has 3 N–H and O–H groups in total. The molecule has 1 saturated carbocycles. The molecule has 2 fully saturated rings. The molecule has 1 aliphatic carbocycles. The quantitative estimate of drug-likeness (QED) is 0.122. The van der Waals surface area contributed by atoms with Gasteiger partial charge in [0.25, 0.3) is 11.8 Å². The zero-order valence-electron chi connectivity index (χ0n) is 17.9. The van der Waals surface area contributed by atoms with Crippen LogP contribution in [-0.4, -0.2) is 81.8 Å². The molecular weight excluding hydrogens is 551 g/mol. The summed E-state index contributed by atoms with van der Waals surface area (Å²) in [6.45, 7) is 0. The van der Waals surface area contributed by atoms with Gasteiger partial charge in [0, 0.05) is 22.1 Å². The summed E-state index contributed by atoms with van der Waals surface area (Å²) in [5, 5.41) is 20.9. The molecule has 0 radical (unpaired) electrons. The monoisotopic (exact) mass is 565 g/mol. The molecule has 5 rings (SSSR count). The van der Waals surface area contributed by atoms with Crippen LogP contribution in [0.25, 0.3) is 5.57 Å². The first-order chi connectivity index (χ1) is 17.4. The molecule has 17 heteroatoms. The second-order valence-electron chi connectivity index (χ2n) is 7.75. The van der Waals surface area contributed by atoms with E-state index in [0.29, 0.717) is 17.7 Å². The van der Waals surface area contributed by atoms with Crippen molar-refractivity contribution in [3.63, 3.8) is 0 Å². The minimum atomic E-state index is -1.66. The van der Waals surface area contributed by atoms with Crippen molar-refractivity contribution >= 4 is 93.0 Å². The minimum absolute atomic E-state index is 0.116. The number of carbonyl (C=O) groups excluding carboxylic acids is 3. The van der Waals surface area contributed by atoms with Crippen LogP contribution in [0.1, 0.15) is 24.2 Å². The molecule has 0 bridgehead atoms. The van der Waals surface area contributed by atoms with Gasteiger partial charge in [-0.25, -0.2) is 9.78 Å². The minimum Gasteiger partial charge on any atom is -0.477 e. The van der Waals surface area contributed by atoms with Crippen molar-refractivity contribution in [1.82, 2.24) is 23.9 Å². The Bertz CT molecular complexity index is 1320. The Hall–Kier alpha value is -3.28. The van der Waals surface area contributed by atoms with Crippen molar-refractivity contribution in [2.45, 2.75) is 29.9 Å². The van der Waals surface area contributed by atoms with Crippen molar-refractivity contribution in [3.8, 4) is 0 Å². The topological polar surface area (TPSA) is 176 Å². The maximum absolute atomic E-state index is 13.4. The number of hydrogen-bond donors (Lipinski definition) is 3. The first kappa shape index (κ1) is 24.4. The molecular formula is C19H15N7O6S4. The number of hydrogen-bond acceptors (Lipinski definition) is 13.